The van der Waals surface area contributed by atoms with Crippen LogP contribution in [0.3, 0.4) is 0 Å². The molecule has 0 spiro atoms. The summed E-state index contributed by atoms with van der Waals surface area (Å²) >= 11 is 0. The fourth-order valence-corrected chi connectivity index (χ4v) is 1.68. The molecule has 0 aromatic rings. The quantitative estimate of drug-likeness (QED) is 0.568. The molecule has 0 aromatic heterocycles. The summed E-state index contributed by atoms with van der Waals surface area (Å²) in [7, 11) is 1.74. The summed E-state index contributed by atoms with van der Waals surface area (Å²) < 4.78 is 10.6. The summed E-state index contributed by atoms with van der Waals surface area (Å²) in [6.07, 6.45) is 2.22. The first-order valence-corrected chi connectivity index (χ1v) is 6.84. The van der Waals surface area contributed by atoms with Crippen LogP contribution in [-0.4, -0.2) is 40.0 Å². The van der Waals surface area contributed by atoms with E-state index < -0.39 is 0 Å². The lowest BCUT2D eigenvalue weighted by atomic mass is 9.76. The third kappa shape index (κ3) is 7.74. The van der Waals surface area contributed by atoms with E-state index in [0.717, 1.165) is 45.8 Å². The van der Waals surface area contributed by atoms with Crippen molar-refractivity contribution in [2.45, 2.75) is 40.5 Å². The third-order valence-electron chi connectivity index (χ3n) is 3.57. The minimum Gasteiger partial charge on any atom is -0.383 e. The van der Waals surface area contributed by atoms with Gasteiger partial charge in [0.15, 0.2) is 0 Å². The Labute approximate surface area is 107 Å². The van der Waals surface area contributed by atoms with Crippen molar-refractivity contribution in [2.24, 2.45) is 11.3 Å². The average Bonchev–Trinajstić information content (AvgIpc) is 2.30. The average molecular weight is 245 g/mol. The summed E-state index contributed by atoms with van der Waals surface area (Å²) in [5.74, 6) is 0.655. The van der Waals surface area contributed by atoms with E-state index >= 15 is 0 Å². The minimum absolute atomic E-state index is 0.307. The smallest absolute Gasteiger partial charge is 0.0587 e. The SMILES string of the molecule is CCCOCCC(C)(CNCCOC)C(C)C. The maximum Gasteiger partial charge on any atom is 0.0587 e. The molecule has 0 saturated carbocycles. The lowest BCUT2D eigenvalue weighted by Gasteiger charge is -2.34. The number of ether oxygens (including phenoxy) is 2. The van der Waals surface area contributed by atoms with E-state index in [-0.39, 0.29) is 0 Å². The van der Waals surface area contributed by atoms with Gasteiger partial charge in [0.2, 0.25) is 0 Å². The van der Waals surface area contributed by atoms with Crippen molar-refractivity contribution in [2.75, 3.05) is 40.0 Å². The van der Waals surface area contributed by atoms with Gasteiger partial charge in [-0.3, -0.25) is 0 Å². The van der Waals surface area contributed by atoms with Crippen molar-refractivity contribution in [1.29, 1.82) is 0 Å². The fourth-order valence-electron chi connectivity index (χ4n) is 1.68. The molecule has 0 radical (unpaired) electrons. The molecule has 0 aliphatic rings. The van der Waals surface area contributed by atoms with Gasteiger partial charge in [-0.25, -0.2) is 0 Å². The molecule has 17 heavy (non-hydrogen) atoms. The summed E-state index contributed by atoms with van der Waals surface area (Å²) in [6.45, 7) is 13.6. The van der Waals surface area contributed by atoms with Gasteiger partial charge in [0, 0.05) is 33.4 Å². The molecular weight excluding hydrogens is 214 g/mol. The molecule has 0 saturated heterocycles. The van der Waals surface area contributed by atoms with Gasteiger partial charge in [0.25, 0.3) is 0 Å². The molecule has 1 unspecified atom stereocenters. The van der Waals surface area contributed by atoms with Crippen molar-refractivity contribution in [3.05, 3.63) is 0 Å². The first kappa shape index (κ1) is 16.9. The van der Waals surface area contributed by atoms with E-state index in [1.807, 2.05) is 0 Å². The summed E-state index contributed by atoms with van der Waals surface area (Å²) in [5, 5.41) is 3.47. The van der Waals surface area contributed by atoms with Gasteiger partial charge in [-0.2, -0.15) is 0 Å². The van der Waals surface area contributed by atoms with Crippen LogP contribution in [0.1, 0.15) is 40.5 Å². The molecular formula is C14H31NO2. The van der Waals surface area contributed by atoms with Crippen molar-refractivity contribution in [1.82, 2.24) is 5.32 Å². The van der Waals surface area contributed by atoms with Gasteiger partial charge in [-0.05, 0) is 24.2 Å². The van der Waals surface area contributed by atoms with E-state index in [1.54, 1.807) is 7.11 Å². The monoisotopic (exact) mass is 245 g/mol. The van der Waals surface area contributed by atoms with Crippen LogP contribution in [0, 0.1) is 11.3 Å². The minimum atomic E-state index is 0.307. The maximum atomic E-state index is 5.60. The molecule has 104 valence electrons. The Morgan fingerprint density at radius 1 is 1.18 bits per heavy atom. The summed E-state index contributed by atoms with van der Waals surface area (Å²) in [4.78, 5) is 0. The Morgan fingerprint density at radius 2 is 1.88 bits per heavy atom. The molecule has 0 aliphatic carbocycles. The third-order valence-corrected chi connectivity index (χ3v) is 3.57. The Hall–Kier alpha value is -0.120. The first-order chi connectivity index (χ1) is 8.06. The first-order valence-electron chi connectivity index (χ1n) is 6.84. The van der Waals surface area contributed by atoms with Gasteiger partial charge >= 0.3 is 0 Å². The zero-order valence-corrected chi connectivity index (χ0v) is 12.3. The lowest BCUT2D eigenvalue weighted by molar-refractivity contribution is 0.0781. The zero-order valence-electron chi connectivity index (χ0n) is 12.3. The number of nitrogens with one attached hydrogen (secondary N) is 1. The predicted octanol–water partition coefficient (Wildman–Crippen LogP) is 2.70. The molecule has 0 aliphatic heterocycles. The maximum absolute atomic E-state index is 5.60. The molecule has 1 atom stereocenters. The molecule has 3 heteroatoms. The van der Waals surface area contributed by atoms with Crippen LogP contribution in [0.15, 0.2) is 0 Å². The van der Waals surface area contributed by atoms with E-state index in [4.69, 9.17) is 9.47 Å². The molecule has 0 fully saturated rings. The molecule has 0 rings (SSSR count). The second-order valence-corrected chi connectivity index (χ2v) is 5.34. The van der Waals surface area contributed by atoms with Crippen LogP contribution in [0.4, 0.5) is 0 Å². The fraction of sp³-hybridized carbons (Fsp3) is 1.00. The van der Waals surface area contributed by atoms with E-state index in [2.05, 4.69) is 33.0 Å². The van der Waals surface area contributed by atoms with Crippen LogP contribution in [-0.2, 0) is 9.47 Å². The Morgan fingerprint density at radius 3 is 2.41 bits per heavy atom. The normalized spacial score (nSPS) is 15.2. The number of rotatable bonds is 11. The van der Waals surface area contributed by atoms with E-state index in [0.29, 0.717) is 11.3 Å². The van der Waals surface area contributed by atoms with Crippen LogP contribution < -0.4 is 5.32 Å². The molecule has 1 N–H and O–H groups in total. The standard InChI is InChI=1S/C14H31NO2/c1-6-9-17-10-7-14(4,13(2)3)12-15-8-11-16-5/h13,15H,6-12H2,1-5H3. The molecule has 3 nitrogen and oxygen atoms in total. The van der Waals surface area contributed by atoms with E-state index in [9.17, 15) is 0 Å². The van der Waals surface area contributed by atoms with Crippen molar-refractivity contribution < 1.29 is 9.47 Å². The van der Waals surface area contributed by atoms with Crippen molar-refractivity contribution in [3.8, 4) is 0 Å². The molecule has 0 aromatic carbocycles. The van der Waals surface area contributed by atoms with Crippen molar-refractivity contribution in [3.63, 3.8) is 0 Å². The lowest BCUT2D eigenvalue weighted by Crippen LogP contribution is -2.38. The van der Waals surface area contributed by atoms with Crippen LogP contribution in [0.2, 0.25) is 0 Å². The Balaban J connectivity index is 3.90. The van der Waals surface area contributed by atoms with Gasteiger partial charge in [0.1, 0.15) is 0 Å². The van der Waals surface area contributed by atoms with Gasteiger partial charge in [-0.1, -0.05) is 27.7 Å². The van der Waals surface area contributed by atoms with Crippen LogP contribution in [0.5, 0.6) is 0 Å². The Kier molecular flexibility index (Phi) is 9.79. The molecule has 0 bridgehead atoms. The highest BCUT2D eigenvalue weighted by Gasteiger charge is 2.27. The second kappa shape index (κ2) is 9.86. The van der Waals surface area contributed by atoms with E-state index in [1.165, 1.54) is 0 Å². The molecule has 0 heterocycles. The second-order valence-electron chi connectivity index (χ2n) is 5.34. The number of hydrogen-bond acceptors (Lipinski definition) is 3. The van der Waals surface area contributed by atoms with Gasteiger partial charge < -0.3 is 14.8 Å². The molecule has 0 amide bonds. The van der Waals surface area contributed by atoms with Crippen molar-refractivity contribution >= 4 is 0 Å². The zero-order chi connectivity index (χ0) is 13.1. The largest absolute Gasteiger partial charge is 0.383 e. The topological polar surface area (TPSA) is 30.5 Å². The summed E-state index contributed by atoms with van der Waals surface area (Å²) in [5.41, 5.74) is 0.307. The Bertz CT molecular complexity index is 160. The van der Waals surface area contributed by atoms with Gasteiger partial charge in [-0.15, -0.1) is 0 Å². The highest BCUT2D eigenvalue weighted by Crippen LogP contribution is 2.30. The highest BCUT2D eigenvalue weighted by molar-refractivity contribution is 4.80. The van der Waals surface area contributed by atoms with Crippen LogP contribution >= 0.6 is 0 Å². The predicted molar refractivity (Wildman–Crippen MR) is 73.4 cm³/mol. The van der Waals surface area contributed by atoms with Gasteiger partial charge in [0.05, 0.1) is 6.61 Å². The highest BCUT2D eigenvalue weighted by atomic mass is 16.5. The number of hydrogen-bond donors (Lipinski definition) is 1. The number of methoxy groups -OCH3 is 1. The van der Waals surface area contributed by atoms with Crippen LogP contribution in [0.25, 0.3) is 0 Å². The summed E-state index contributed by atoms with van der Waals surface area (Å²) in [6, 6.07) is 0.